The van der Waals surface area contributed by atoms with Crippen molar-refractivity contribution in [3.05, 3.63) is 18.2 Å². The highest BCUT2D eigenvalue weighted by Gasteiger charge is 2.21. The largest absolute Gasteiger partial charge is 0.492 e. The number of hydrogen-bond acceptors (Lipinski definition) is 3. The summed E-state index contributed by atoms with van der Waals surface area (Å²) >= 11 is 0. The van der Waals surface area contributed by atoms with Gasteiger partial charge < -0.3 is 15.8 Å². The number of nitrogens with zero attached hydrogens (tertiary/aromatic N) is 1. The van der Waals surface area contributed by atoms with Crippen LogP contribution in [0.3, 0.4) is 0 Å². The van der Waals surface area contributed by atoms with Crippen LogP contribution in [0.5, 0.6) is 5.75 Å². The van der Waals surface area contributed by atoms with Crippen LogP contribution < -0.4 is 20.7 Å². The molecule has 5 heteroatoms. The van der Waals surface area contributed by atoms with Gasteiger partial charge in [0.1, 0.15) is 5.75 Å². The van der Waals surface area contributed by atoms with Crippen molar-refractivity contribution in [3.8, 4) is 5.75 Å². The third kappa shape index (κ3) is 1.88. The van der Waals surface area contributed by atoms with E-state index in [0.717, 1.165) is 5.69 Å². The Balaban J connectivity index is 2.23. The van der Waals surface area contributed by atoms with Crippen molar-refractivity contribution in [3.63, 3.8) is 0 Å². The number of anilines is 2. The molecular formula is C11H15N3O2. The highest BCUT2D eigenvalue weighted by Crippen LogP contribution is 2.27. The summed E-state index contributed by atoms with van der Waals surface area (Å²) in [6.45, 7) is 3.83. The Labute approximate surface area is 94.2 Å². The molecule has 1 aromatic carbocycles. The molecule has 1 saturated heterocycles. The van der Waals surface area contributed by atoms with E-state index in [2.05, 4.69) is 5.32 Å². The Morgan fingerprint density at radius 1 is 1.56 bits per heavy atom. The summed E-state index contributed by atoms with van der Waals surface area (Å²) in [4.78, 5) is 13.1. The standard InChI is InChI=1S/C11H15N3O2/c1-2-16-10-4-3-8(7-9(10)12)14-6-5-13-11(14)15/h3-4,7H,2,5-6,12H2,1H3,(H,13,15). The molecular weight excluding hydrogens is 206 g/mol. The van der Waals surface area contributed by atoms with Gasteiger partial charge in [0.15, 0.2) is 0 Å². The fourth-order valence-corrected chi connectivity index (χ4v) is 1.71. The minimum absolute atomic E-state index is 0.0800. The van der Waals surface area contributed by atoms with E-state index >= 15 is 0 Å². The SMILES string of the molecule is CCOc1ccc(N2CCNC2=O)cc1N. The van der Waals surface area contributed by atoms with Gasteiger partial charge >= 0.3 is 6.03 Å². The molecule has 1 heterocycles. The van der Waals surface area contributed by atoms with Gasteiger partial charge in [-0.3, -0.25) is 4.90 Å². The summed E-state index contributed by atoms with van der Waals surface area (Å²) in [7, 11) is 0. The molecule has 3 N–H and O–H groups in total. The third-order valence-corrected chi connectivity index (χ3v) is 2.46. The molecule has 0 saturated carbocycles. The summed E-state index contributed by atoms with van der Waals surface area (Å²) in [6, 6.07) is 5.31. The van der Waals surface area contributed by atoms with Crippen LogP contribution in [0.2, 0.25) is 0 Å². The maximum absolute atomic E-state index is 11.4. The molecule has 1 fully saturated rings. The van der Waals surface area contributed by atoms with Crippen LogP contribution in [0.1, 0.15) is 6.92 Å². The number of nitrogen functional groups attached to an aromatic ring is 1. The zero-order chi connectivity index (χ0) is 11.5. The second-order valence-corrected chi connectivity index (χ2v) is 3.54. The molecule has 5 nitrogen and oxygen atoms in total. The molecule has 0 bridgehead atoms. The lowest BCUT2D eigenvalue weighted by Gasteiger charge is -2.16. The molecule has 2 amide bonds. The van der Waals surface area contributed by atoms with E-state index in [1.807, 2.05) is 13.0 Å². The molecule has 0 atom stereocenters. The Hall–Kier alpha value is -1.91. The van der Waals surface area contributed by atoms with Crippen molar-refractivity contribution in [1.29, 1.82) is 0 Å². The Kier molecular flexibility index (Phi) is 2.85. The van der Waals surface area contributed by atoms with Gasteiger partial charge in [-0.1, -0.05) is 0 Å². The summed E-state index contributed by atoms with van der Waals surface area (Å²) in [5.74, 6) is 0.658. The molecule has 0 aliphatic carbocycles. The predicted molar refractivity (Wildman–Crippen MR) is 62.8 cm³/mol. The minimum Gasteiger partial charge on any atom is -0.492 e. The Bertz CT molecular complexity index is 406. The normalized spacial score (nSPS) is 15.1. The quantitative estimate of drug-likeness (QED) is 0.753. The number of nitrogens with two attached hydrogens (primary N) is 1. The molecule has 16 heavy (non-hydrogen) atoms. The molecule has 86 valence electrons. The summed E-state index contributed by atoms with van der Waals surface area (Å²) in [6.07, 6.45) is 0. The first-order chi connectivity index (χ1) is 7.72. The first-order valence-electron chi connectivity index (χ1n) is 5.30. The van der Waals surface area contributed by atoms with E-state index in [-0.39, 0.29) is 6.03 Å². The number of carbonyl (C=O) groups excluding carboxylic acids is 1. The van der Waals surface area contributed by atoms with Gasteiger partial charge in [-0.25, -0.2) is 4.79 Å². The number of amides is 2. The molecule has 1 aliphatic heterocycles. The van der Waals surface area contributed by atoms with Crippen molar-refractivity contribution in [2.24, 2.45) is 0 Å². The lowest BCUT2D eigenvalue weighted by Crippen LogP contribution is -2.27. The van der Waals surface area contributed by atoms with E-state index < -0.39 is 0 Å². The zero-order valence-electron chi connectivity index (χ0n) is 9.19. The predicted octanol–water partition coefficient (Wildman–Crippen LogP) is 1.20. The average Bonchev–Trinajstić information content (AvgIpc) is 2.68. The van der Waals surface area contributed by atoms with Gasteiger partial charge in [0.05, 0.1) is 12.3 Å². The number of carbonyl (C=O) groups is 1. The first kappa shape index (κ1) is 10.6. The Morgan fingerprint density at radius 2 is 2.38 bits per heavy atom. The maximum atomic E-state index is 11.4. The van der Waals surface area contributed by atoms with E-state index in [4.69, 9.17) is 10.5 Å². The van der Waals surface area contributed by atoms with Crippen LogP contribution in [-0.4, -0.2) is 25.7 Å². The number of ether oxygens (including phenoxy) is 1. The summed E-state index contributed by atoms with van der Waals surface area (Å²) in [5.41, 5.74) is 7.19. The molecule has 0 spiro atoms. The van der Waals surface area contributed by atoms with E-state index in [9.17, 15) is 4.79 Å². The smallest absolute Gasteiger partial charge is 0.321 e. The molecule has 1 aromatic rings. The number of rotatable bonds is 3. The van der Waals surface area contributed by atoms with Crippen LogP contribution >= 0.6 is 0 Å². The number of benzene rings is 1. The highest BCUT2D eigenvalue weighted by molar-refractivity contribution is 5.94. The Morgan fingerprint density at radius 3 is 2.94 bits per heavy atom. The van der Waals surface area contributed by atoms with Crippen LogP contribution in [0.4, 0.5) is 16.2 Å². The third-order valence-electron chi connectivity index (χ3n) is 2.46. The number of hydrogen-bond donors (Lipinski definition) is 2. The van der Waals surface area contributed by atoms with Crippen molar-refractivity contribution in [2.75, 3.05) is 30.3 Å². The van der Waals surface area contributed by atoms with Gasteiger partial charge in [0.2, 0.25) is 0 Å². The maximum Gasteiger partial charge on any atom is 0.321 e. The summed E-state index contributed by atoms with van der Waals surface area (Å²) < 4.78 is 5.34. The van der Waals surface area contributed by atoms with E-state index in [0.29, 0.717) is 31.1 Å². The molecule has 2 rings (SSSR count). The highest BCUT2D eigenvalue weighted by atomic mass is 16.5. The van der Waals surface area contributed by atoms with Gasteiger partial charge in [-0.15, -0.1) is 0 Å². The van der Waals surface area contributed by atoms with Crippen LogP contribution in [0.25, 0.3) is 0 Å². The number of nitrogens with one attached hydrogen (secondary N) is 1. The van der Waals surface area contributed by atoms with Crippen molar-refractivity contribution in [1.82, 2.24) is 5.32 Å². The van der Waals surface area contributed by atoms with Gasteiger partial charge in [-0.2, -0.15) is 0 Å². The number of urea groups is 1. The second-order valence-electron chi connectivity index (χ2n) is 3.54. The van der Waals surface area contributed by atoms with Crippen LogP contribution in [0, 0.1) is 0 Å². The second kappa shape index (κ2) is 4.30. The van der Waals surface area contributed by atoms with Crippen LogP contribution in [0.15, 0.2) is 18.2 Å². The fraction of sp³-hybridized carbons (Fsp3) is 0.364. The van der Waals surface area contributed by atoms with Gasteiger partial charge in [0, 0.05) is 18.8 Å². The monoisotopic (exact) mass is 221 g/mol. The van der Waals surface area contributed by atoms with E-state index in [1.54, 1.807) is 17.0 Å². The molecule has 0 unspecified atom stereocenters. The first-order valence-corrected chi connectivity index (χ1v) is 5.30. The minimum atomic E-state index is -0.0800. The molecule has 0 aromatic heterocycles. The lowest BCUT2D eigenvalue weighted by atomic mass is 10.2. The fourth-order valence-electron chi connectivity index (χ4n) is 1.71. The summed E-state index contributed by atoms with van der Waals surface area (Å²) in [5, 5.41) is 2.74. The zero-order valence-corrected chi connectivity index (χ0v) is 9.19. The molecule has 0 radical (unpaired) electrons. The van der Waals surface area contributed by atoms with Crippen LogP contribution in [-0.2, 0) is 0 Å². The van der Waals surface area contributed by atoms with Gasteiger partial charge in [-0.05, 0) is 25.1 Å². The lowest BCUT2D eigenvalue weighted by molar-refractivity contribution is 0.252. The van der Waals surface area contributed by atoms with Crippen molar-refractivity contribution >= 4 is 17.4 Å². The van der Waals surface area contributed by atoms with Crippen molar-refractivity contribution in [2.45, 2.75) is 6.92 Å². The van der Waals surface area contributed by atoms with E-state index in [1.165, 1.54) is 0 Å². The van der Waals surface area contributed by atoms with Crippen molar-refractivity contribution < 1.29 is 9.53 Å². The molecule has 1 aliphatic rings. The topological polar surface area (TPSA) is 67.6 Å². The van der Waals surface area contributed by atoms with Gasteiger partial charge in [0.25, 0.3) is 0 Å². The average molecular weight is 221 g/mol.